The number of imidazole rings is 1. The minimum atomic E-state index is -0.727. The van der Waals surface area contributed by atoms with Crippen LogP contribution in [0.15, 0.2) is 67.0 Å². The Bertz CT molecular complexity index is 1480. The molecule has 0 atom stereocenters. The molecule has 1 amide bonds. The number of nitrogens with zero attached hydrogens (tertiary/aromatic N) is 2. The smallest absolute Gasteiger partial charge is 0.359 e. The van der Waals surface area contributed by atoms with E-state index in [4.69, 9.17) is 4.74 Å². The minimum absolute atomic E-state index is 0.0879. The van der Waals surface area contributed by atoms with Gasteiger partial charge in [-0.05, 0) is 42.8 Å². The zero-order valence-corrected chi connectivity index (χ0v) is 17.5. The van der Waals surface area contributed by atoms with Crippen LogP contribution in [0.25, 0.3) is 5.65 Å². The summed E-state index contributed by atoms with van der Waals surface area (Å²) >= 11 is 0. The van der Waals surface area contributed by atoms with E-state index in [2.05, 4.69) is 10.3 Å². The average Bonchev–Trinajstić information content (AvgIpc) is 3.24. The van der Waals surface area contributed by atoms with Crippen LogP contribution in [0.3, 0.4) is 0 Å². The number of ketones is 2. The van der Waals surface area contributed by atoms with E-state index in [9.17, 15) is 19.2 Å². The van der Waals surface area contributed by atoms with Crippen molar-refractivity contribution in [3.05, 3.63) is 101 Å². The van der Waals surface area contributed by atoms with Gasteiger partial charge in [-0.25, -0.2) is 9.78 Å². The maximum absolute atomic E-state index is 12.8. The molecule has 0 spiro atoms. The number of nitrogens with one attached hydrogen (secondary N) is 1. The van der Waals surface area contributed by atoms with Gasteiger partial charge in [0.05, 0.1) is 0 Å². The molecule has 0 fully saturated rings. The number of aromatic nitrogens is 2. The van der Waals surface area contributed by atoms with E-state index < -0.39 is 18.5 Å². The van der Waals surface area contributed by atoms with Gasteiger partial charge >= 0.3 is 5.97 Å². The maximum atomic E-state index is 12.8. The maximum Gasteiger partial charge on any atom is 0.359 e. The van der Waals surface area contributed by atoms with Gasteiger partial charge in [-0.15, -0.1) is 0 Å². The molecule has 2 heterocycles. The van der Waals surface area contributed by atoms with Crippen LogP contribution in [0.1, 0.15) is 47.9 Å². The van der Waals surface area contributed by atoms with Crippen LogP contribution < -0.4 is 5.32 Å². The largest absolute Gasteiger partial charge is 0.451 e. The third-order valence-electron chi connectivity index (χ3n) is 5.37. The molecule has 4 aromatic rings. The van der Waals surface area contributed by atoms with Gasteiger partial charge in [-0.2, -0.15) is 0 Å². The number of aryl methyl sites for hydroxylation is 1. The Kier molecular flexibility index (Phi) is 4.82. The third kappa shape index (κ3) is 3.67. The van der Waals surface area contributed by atoms with E-state index in [-0.39, 0.29) is 28.4 Å². The highest BCUT2D eigenvalue weighted by atomic mass is 16.5. The van der Waals surface area contributed by atoms with Crippen LogP contribution >= 0.6 is 0 Å². The van der Waals surface area contributed by atoms with Crippen LogP contribution in [-0.4, -0.2) is 39.4 Å². The van der Waals surface area contributed by atoms with E-state index >= 15 is 0 Å². The lowest BCUT2D eigenvalue weighted by Crippen LogP contribution is -2.23. The van der Waals surface area contributed by atoms with E-state index in [0.29, 0.717) is 22.5 Å². The molecule has 33 heavy (non-hydrogen) atoms. The monoisotopic (exact) mass is 439 g/mol. The van der Waals surface area contributed by atoms with Crippen molar-refractivity contribution in [2.45, 2.75) is 6.92 Å². The van der Waals surface area contributed by atoms with Crippen LogP contribution in [-0.2, 0) is 9.53 Å². The second kappa shape index (κ2) is 7.83. The fourth-order valence-electron chi connectivity index (χ4n) is 3.76. The first-order valence-electron chi connectivity index (χ1n) is 10.2. The molecule has 8 heteroatoms. The summed E-state index contributed by atoms with van der Waals surface area (Å²) in [6.07, 6.45) is 3.31. The normalized spacial score (nSPS) is 12.3. The van der Waals surface area contributed by atoms with Crippen molar-refractivity contribution in [2.24, 2.45) is 0 Å². The highest BCUT2D eigenvalue weighted by Crippen LogP contribution is 2.29. The molecule has 5 rings (SSSR count). The Morgan fingerprint density at radius 3 is 2.39 bits per heavy atom. The number of fused-ring (bicyclic) bond motifs is 3. The van der Waals surface area contributed by atoms with Gasteiger partial charge in [-0.1, -0.05) is 24.3 Å². The molecule has 8 nitrogen and oxygen atoms in total. The number of hydrogen-bond acceptors (Lipinski definition) is 6. The summed E-state index contributed by atoms with van der Waals surface area (Å²) in [6, 6.07) is 14.8. The Hall–Kier alpha value is -4.59. The number of pyridine rings is 1. The molecule has 0 saturated heterocycles. The number of rotatable bonds is 4. The fourth-order valence-corrected chi connectivity index (χ4v) is 3.76. The van der Waals surface area contributed by atoms with E-state index in [1.807, 2.05) is 19.1 Å². The Morgan fingerprint density at radius 1 is 0.939 bits per heavy atom. The average molecular weight is 439 g/mol. The third-order valence-corrected chi connectivity index (χ3v) is 5.37. The molecular formula is C25H17N3O5. The first-order valence-corrected chi connectivity index (χ1v) is 10.2. The molecular weight excluding hydrogens is 422 g/mol. The number of anilines is 1. The van der Waals surface area contributed by atoms with Gasteiger partial charge in [0, 0.05) is 40.3 Å². The second-order valence-electron chi connectivity index (χ2n) is 7.68. The Balaban J connectivity index is 1.27. The lowest BCUT2D eigenvalue weighted by molar-refractivity contribution is -0.119. The number of carbonyl (C=O) groups is 4. The lowest BCUT2D eigenvalue weighted by atomic mass is 9.84. The van der Waals surface area contributed by atoms with Crippen molar-refractivity contribution in [1.29, 1.82) is 0 Å². The zero-order valence-electron chi connectivity index (χ0n) is 17.5. The Labute approximate surface area is 187 Å². The molecule has 0 saturated carbocycles. The summed E-state index contributed by atoms with van der Waals surface area (Å²) in [5.74, 6) is -1.84. The molecule has 0 aliphatic heterocycles. The molecule has 0 unspecified atom stereocenters. The van der Waals surface area contributed by atoms with Crippen LogP contribution in [0.5, 0.6) is 0 Å². The van der Waals surface area contributed by atoms with Crippen molar-refractivity contribution in [3.63, 3.8) is 0 Å². The predicted molar refractivity (Wildman–Crippen MR) is 119 cm³/mol. The highest BCUT2D eigenvalue weighted by Gasteiger charge is 2.29. The van der Waals surface area contributed by atoms with E-state index in [0.717, 1.165) is 5.56 Å². The highest BCUT2D eigenvalue weighted by molar-refractivity contribution is 6.28. The number of benzene rings is 2. The number of esters is 1. The summed E-state index contributed by atoms with van der Waals surface area (Å²) in [4.78, 5) is 54.3. The minimum Gasteiger partial charge on any atom is -0.451 e. The fraction of sp³-hybridized carbons (Fsp3) is 0.0800. The topological polar surface area (TPSA) is 107 Å². The lowest BCUT2D eigenvalue weighted by Gasteiger charge is -2.18. The van der Waals surface area contributed by atoms with Crippen molar-refractivity contribution in [3.8, 4) is 0 Å². The molecule has 1 aliphatic rings. The number of carbonyl (C=O) groups excluding carboxylic acids is 4. The predicted octanol–water partition coefficient (Wildman–Crippen LogP) is 3.21. The van der Waals surface area contributed by atoms with Crippen molar-refractivity contribution >= 4 is 34.8 Å². The van der Waals surface area contributed by atoms with Crippen LogP contribution in [0, 0.1) is 6.92 Å². The summed E-state index contributed by atoms with van der Waals surface area (Å²) in [7, 11) is 0. The first kappa shape index (κ1) is 20.3. The van der Waals surface area contributed by atoms with Gasteiger partial charge in [-0.3, -0.25) is 14.4 Å². The summed E-state index contributed by atoms with van der Waals surface area (Å²) in [6.45, 7) is 1.39. The quantitative estimate of drug-likeness (QED) is 0.431. The van der Waals surface area contributed by atoms with Crippen molar-refractivity contribution in [1.82, 2.24) is 9.38 Å². The summed E-state index contributed by atoms with van der Waals surface area (Å²) in [5, 5.41) is 2.59. The molecule has 2 aromatic heterocycles. The zero-order chi connectivity index (χ0) is 23.1. The van der Waals surface area contributed by atoms with Crippen LogP contribution in [0.4, 0.5) is 5.69 Å². The van der Waals surface area contributed by atoms with Crippen LogP contribution in [0.2, 0.25) is 0 Å². The van der Waals surface area contributed by atoms with Gasteiger partial charge < -0.3 is 14.5 Å². The number of amides is 1. The first-order chi connectivity index (χ1) is 15.9. The summed E-state index contributed by atoms with van der Waals surface area (Å²) in [5.41, 5.74) is 3.19. The SMILES string of the molecule is Cc1ccn2cc(C(=O)OCC(=O)Nc3ccc4c(c3)C(=O)c3ccccc3C4=O)nc2c1. The molecule has 162 valence electrons. The van der Waals surface area contributed by atoms with Gasteiger partial charge in [0.15, 0.2) is 23.9 Å². The van der Waals surface area contributed by atoms with Gasteiger partial charge in [0.25, 0.3) is 5.91 Å². The second-order valence-corrected chi connectivity index (χ2v) is 7.68. The number of ether oxygens (including phenoxy) is 1. The molecule has 1 N–H and O–H groups in total. The molecule has 0 bridgehead atoms. The van der Waals surface area contributed by atoms with Crippen molar-refractivity contribution < 1.29 is 23.9 Å². The van der Waals surface area contributed by atoms with E-state index in [1.165, 1.54) is 24.4 Å². The van der Waals surface area contributed by atoms with Crippen molar-refractivity contribution in [2.75, 3.05) is 11.9 Å². The molecule has 1 aliphatic carbocycles. The molecule has 0 radical (unpaired) electrons. The number of hydrogen-bond donors (Lipinski definition) is 1. The van der Waals surface area contributed by atoms with Gasteiger partial charge in [0.2, 0.25) is 0 Å². The standard InChI is InChI=1S/C25H17N3O5/c1-14-8-9-28-12-20(27-21(28)10-14)25(32)33-13-22(29)26-15-6-7-18-19(11-15)24(31)17-5-3-2-4-16(17)23(18)30/h2-12H,13H2,1H3,(H,26,29). The Morgan fingerprint density at radius 2 is 1.64 bits per heavy atom. The van der Waals surface area contributed by atoms with Gasteiger partial charge in [0.1, 0.15) is 5.65 Å². The summed E-state index contributed by atoms with van der Waals surface area (Å²) < 4.78 is 6.76. The molecule has 2 aromatic carbocycles. The van der Waals surface area contributed by atoms with E-state index in [1.54, 1.807) is 34.9 Å².